The van der Waals surface area contributed by atoms with Crippen molar-refractivity contribution in [3.8, 4) is 39.8 Å². The van der Waals surface area contributed by atoms with E-state index in [4.69, 9.17) is 19.3 Å². The van der Waals surface area contributed by atoms with Crippen molar-refractivity contribution in [1.29, 1.82) is 0 Å². The number of carbonyl (C=O) groups is 1. The minimum absolute atomic E-state index is 0.220. The number of fused-ring (bicyclic) bond motifs is 1. The molecule has 0 aliphatic carbocycles. The summed E-state index contributed by atoms with van der Waals surface area (Å²) in [7, 11) is 4.68. The van der Waals surface area contributed by atoms with E-state index in [-0.39, 0.29) is 5.78 Å². The Balaban J connectivity index is 1.69. The molecule has 7 heteroatoms. The number of aromatic nitrogens is 3. The molecule has 7 nitrogen and oxygen atoms in total. The Morgan fingerprint density at radius 3 is 2.05 bits per heavy atom. The van der Waals surface area contributed by atoms with E-state index in [2.05, 4.69) is 4.98 Å². The topological polar surface area (TPSA) is 75.0 Å². The fourth-order valence-electron chi connectivity index (χ4n) is 4.11. The van der Waals surface area contributed by atoms with Gasteiger partial charge in [-0.25, -0.2) is 9.50 Å². The summed E-state index contributed by atoms with van der Waals surface area (Å²) in [5.74, 6) is 1.25. The second-order valence-corrected chi connectivity index (χ2v) is 8.21. The molecule has 0 bridgehead atoms. The lowest BCUT2D eigenvalue weighted by Gasteiger charge is -2.15. The number of ketones is 1. The van der Waals surface area contributed by atoms with Crippen LogP contribution in [-0.2, 0) is 0 Å². The van der Waals surface area contributed by atoms with Crippen LogP contribution >= 0.6 is 0 Å². The number of allylic oxidation sites excluding steroid dienone is 1. The maximum atomic E-state index is 13.2. The fraction of sp³-hybridized carbons (Fsp3) is 0.100. The zero-order valence-electron chi connectivity index (χ0n) is 20.7. The Hall–Kier alpha value is -4.91. The van der Waals surface area contributed by atoms with Gasteiger partial charge < -0.3 is 14.2 Å². The molecule has 0 spiro atoms. The average Bonchev–Trinajstić information content (AvgIpc) is 3.40. The molecule has 0 radical (unpaired) electrons. The number of nitrogens with zero attached hydrogens (tertiary/aromatic N) is 3. The molecule has 2 aromatic heterocycles. The van der Waals surface area contributed by atoms with Crippen LogP contribution in [-0.4, -0.2) is 41.7 Å². The first-order valence-corrected chi connectivity index (χ1v) is 11.7. The molecule has 0 fully saturated rings. The fourth-order valence-corrected chi connectivity index (χ4v) is 4.11. The number of carbonyl (C=O) groups excluding carboxylic acids is 1. The second-order valence-electron chi connectivity index (χ2n) is 8.21. The van der Waals surface area contributed by atoms with Gasteiger partial charge in [-0.3, -0.25) is 4.79 Å². The first kappa shape index (κ1) is 23.8. The van der Waals surface area contributed by atoms with Crippen LogP contribution in [0.4, 0.5) is 0 Å². The van der Waals surface area contributed by atoms with Crippen LogP contribution in [0, 0.1) is 0 Å². The third-order valence-electron chi connectivity index (χ3n) is 5.94. The van der Waals surface area contributed by atoms with Crippen LogP contribution in [0.5, 0.6) is 17.2 Å². The summed E-state index contributed by atoms with van der Waals surface area (Å²) in [6.07, 6.45) is 3.31. The van der Waals surface area contributed by atoms with Gasteiger partial charge in [0.2, 0.25) is 11.5 Å². The molecule has 0 aliphatic heterocycles. The first-order chi connectivity index (χ1) is 18.1. The van der Waals surface area contributed by atoms with Crippen LogP contribution in [0.2, 0.25) is 0 Å². The van der Waals surface area contributed by atoms with Gasteiger partial charge in [-0.1, -0.05) is 66.7 Å². The smallest absolute Gasteiger partial charge is 0.204 e. The third-order valence-corrected chi connectivity index (χ3v) is 5.94. The van der Waals surface area contributed by atoms with E-state index in [1.165, 1.54) is 6.08 Å². The number of methoxy groups -OCH3 is 3. The SMILES string of the molecule is COc1cc(-c2cc(C(=O)/C=C/c3ccccc3)nc3cc(-c4ccccc4)nn23)cc(OC)c1OC. The van der Waals surface area contributed by atoms with E-state index in [9.17, 15) is 4.79 Å². The van der Waals surface area contributed by atoms with E-state index < -0.39 is 0 Å². The minimum Gasteiger partial charge on any atom is -0.493 e. The molecule has 0 saturated carbocycles. The van der Waals surface area contributed by atoms with Crippen molar-refractivity contribution in [3.05, 3.63) is 102 Å². The summed E-state index contributed by atoms with van der Waals surface area (Å²) in [5, 5.41) is 4.82. The van der Waals surface area contributed by atoms with E-state index >= 15 is 0 Å². The summed E-state index contributed by atoms with van der Waals surface area (Å²) < 4.78 is 18.3. The lowest BCUT2D eigenvalue weighted by Crippen LogP contribution is -2.05. The molecule has 0 aliphatic rings. The molecule has 0 amide bonds. The highest BCUT2D eigenvalue weighted by Gasteiger charge is 2.19. The van der Waals surface area contributed by atoms with Gasteiger partial charge in [0.15, 0.2) is 17.1 Å². The van der Waals surface area contributed by atoms with Gasteiger partial charge in [-0.15, -0.1) is 0 Å². The third kappa shape index (κ3) is 4.79. The highest BCUT2D eigenvalue weighted by atomic mass is 16.5. The Kier molecular flexibility index (Phi) is 6.68. The predicted molar refractivity (Wildman–Crippen MR) is 143 cm³/mol. The normalized spacial score (nSPS) is 11.1. The van der Waals surface area contributed by atoms with Gasteiger partial charge in [-0.2, -0.15) is 5.10 Å². The molecule has 37 heavy (non-hydrogen) atoms. The number of rotatable bonds is 8. The molecule has 5 aromatic rings. The molecule has 2 heterocycles. The van der Waals surface area contributed by atoms with Gasteiger partial charge in [0.1, 0.15) is 5.69 Å². The molecule has 0 unspecified atom stereocenters. The van der Waals surface area contributed by atoms with Crippen LogP contribution in [0.25, 0.3) is 34.2 Å². The van der Waals surface area contributed by atoms with E-state index in [0.29, 0.717) is 34.3 Å². The number of hydrogen-bond acceptors (Lipinski definition) is 6. The number of hydrogen-bond donors (Lipinski definition) is 0. The summed E-state index contributed by atoms with van der Waals surface area (Å²) in [6.45, 7) is 0. The highest BCUT2D eigenvalue weighted by Crippen LogP contribution is 2.41. The molecule has 184 valence electrons. The minimum atomic E-state index is -0.220. The van der Waals surface area contributed by atoms with Gasteiger partial charge in [0.05, 0.1) is 32.7 Å². The van der Waals surface area contributed by atoms with E-state index in [1.807, 2.05) is 78.9 Å². The second kappa shape index (κ2) is 10.4. The van der Waals surface area contributed by atoms with Crippen molar-refractivity contribution in [2.45, 2.75) is 0 Å². The average molecular weight is 492 g/mol. The molecular formula is C30H25N3O4. The van der Waals surface area contributed by atoms with Crippen molar-refractivity contribution in [2.75, 3.05) is 21.3 Å². The molecule has 0 atom stereocenters. The monoisotopic (exact) mass is 491 g/mol. The Morgan fingerprint density at radius 2 is 1.43 bits per heavy atom. The maximum absolute atomic E-state index is 13.2. The zero-order chi connectivity index (χ0) is 25.8. The van der Waals surface area contributed by atoms with Crippen LogP contribution in [0.3, 0.4) is 0 Å². The van der Waals surface area contributed by atoms with Crippen LogP contribution in [0.1, 0.15) is 16.1 Å². The van der Waals surface area contributed by atoms with Gasteiger partial charge in [0.25, 0.3) is 0 Å². The van der Waals surface area contributed by atoms with Crippen molar-refractivity contribution in [3.63, 3.8) is 0 Å². The van der Waals surface area contributed by atoms with Crippen molar-refractivity contribution in [2.24, 2.45) is 0 Å². The van der Waals surface area contributed by atoms with Crippen molar-refractivity contribution < 1.29 is 19.0 Å². The first-order valence-electron chi connectivity index (χ1n) is 11.7. The molecule has 0 saturated heterocycles. The van der Waals surface area contributed by atoms with Crippen molar-refractivity contribution >= 4 is 17.5 Å². The molecule has 5 rings (SSSR count). The number of ether oxygens (including phenoxy) is 3. The largest absolute Gasteiger partial charge is 0.493 e. The summed E-state index contributed by atoms with van der Waals surface area (Å²) in [5.41, 5.74) is 4.84. The lowest BCUT2D eigenvalue weighted by atomic mass is 10.1. The van der Waals surface area contributed by atoms with E-state index in [1.54, 1.807) is 38.0 Å². The van der Waals surface area contributed by atoms with Crippen molar-refractivity contribution in [1.82, 2.24) is 14.6 Å². The van der Waals surface area contributed by atoms with Gasteiger partial charge in [-0.05, 0) is 29.8 Å². The molecule has 3 aromatic carbocycles. The van der Waals surface area contributed by atoms with Crippen LogP contribution in [0.15, 0.2) is 91.0 Å². The van der Waals surface area contributed by atoms with Crippen LogP contribution < -0.4 is 14.2 Å². The summed E-state index contributed by atoms with van der Waals surface area (Å²) in [6, 6.07) is 26.7. The number of benzene rings is 3. The summed E-state index contributed by atoms with van der Waals surface area (Å²) >= 11 is 0. The quantitative estimate of drug-likeness (QED) is 0.196. The van der Waals surface area contributed by atoms with Gasteiger partial charge in [0, 0.05) is 17.2 Å². The van der Waals surface area contributed by atoms with Gasteiger partial charge >= 0.3 is 0 Å². The Bertz CT molecular complexity index is 1570. The zero-order valence-corrected chi connectivity index (χ0v) is 20.7. The maximum Gasteiger partial charge on any atom is 0.204 e. The highest BCUT2D eigenvalue weighted by molar-refractivity contribution is 6.06. The Labute approximate surface area is 214 Å². The standard InChI is InChI=1S/C30H25N3O4/c1-35-27-16-22(17-28(36-2)30(27)37-3)25-18-24(26(34)15-14-20-10-6-4-7-11-20)31-29-19-23(32-33(25)29)21-12-8-5-9-13-21/h4-19H,1-3H3/b15-14+. The summed E-state index contributed by atoms with van der Waals surface area (Å²) in [4.78, 5) is 17.9. The lowest BCUT2D eigenvalue weighted by molar-refractivity contribution is 0.104. The molecule has 0 N–H and O–H groups in total. The van der Waals surface area contributed by atoms with E-state index in [0.717, 1.165) is 22.4 Å². The predicted octanol–water partition coefficient (Wildman–Crippen LogP) is 5.99. The Morgan fingerprint density at radius 1 is 0.784 bits per heavy atom. The molecular weight excluding hydrogens is 466 g/mol.